The number of tetrazole rings is 2. The first kappa shape index (κ1) is 73.4. The van der Waals surface area contributed by atoms with Crippen molar-refractivity contribution in [3.63, 3.8) is 0 Å². The molecule has 0 spiro atoms. The largest absolute Gasteiger partial charge is 0.480 e. The van der Waals surface area contributed by atoms with Crippen molar-refractivity contribution < 1.29 is 86.8 Å². The SMILES string of the molecule is CCN1CCN(C(=O)NC(C(=O)N[C@H]2C(=O)N3C(C(=O)O)C(CSc4nnnn4C)CSC23)c2ccc(OC(=O)NCC3CCCC(CNC(=O)Oc4ccc(C(NC(=O)N5CCN(CC)C(=O)C5=O)C(=O)N[C@H]5C(=O)N6C(C(=O)O)C(SCc7nnnn7C)CSC56)cc4)C3)cc2)C(=O)C1=O. The lowest BCUT2D eigenvalue weighted by atomic mass is 9.81. The minimum atomic E-state index is -1.59. The summed E-state index contributed by atoms with van der Waals surface area (Å²) >= 11 is 5.04. The summed E-state index contributed by atoms with van der Waals surface area (Å²) in [4.78, 5) is 193. The minimum Gasteiger partial charge on any atom is -0.480 e. The number of nitrogens with zero attached hydrogens (tertiary/aromatic N) is 14. The number of aryl methyl sites for hydroxylation is 2. The second kappa shape index (κ2) is 32.0. The van der Waals surface area contributed by atoms with Crippen LogP contribution in [0.5, 0.6) is 11.5 Å². The molecule has 2 aromatic heterocycles. The second-order valence-electron chi connectivity index (χ2n) is 24.7. The lowest BCUT2D eigenvalue weighted by Gasteiger charge is -2.54. The Morgan fingerprint density at radius 3 is 1.53 bits per heavy atom. The molecule has 8 N–H and O–H groups in total. The van der Waals surface area contributed by atoms with Crippen molar-refractivity contribution in [1.82, 2.24) is 102 Å². The van der Waals surface area contributed by atoms with Crippen molar-refractivity contribution >= 4 is 130 Å². The van der Waals surface area contributed by atoms with E-state index in [1.54, 1.807) is 27.9 Å². The molecule has 42 heteroatoms. The van der Waals surface area contributed by atoms with Crippen LogP contribution in [0.15, 0.2) is 53.7 Å². The lowest BCUT2D eigenvalue weighted by Crippen LogP contribution is -2.76. The number of piperazine rings is 2. The Labute approximate surface area is 597 Å². The maximum atomic E-state index is 14.3. The number of amides is 14. The predicted molar refractivity (Wildman–Crippen MR) is 357 cm³/mol. The number of carboxylic acids is 2. The third kappa shape index (κ3) is 15.9. The molecule has 11 rings (SSSR count). The average molecular weight is 1490 g/mol. The number of carboxylic acid groups (broad SMARTS) is 2. The van der Waals surface area contributed by atoms with Gasteiger partial charge >= 0.3 is 59.8 Å². The van der Waals surface area contributed by atoms with E-state index < -0.39 is 142 Å². The predicted octanol–water partition coefficient (Wildman–Crippen LogP) is -1.28. The van der Waals surface area contributed by atoms with Crippen LogP contribution in [0.4, 0.5) is 19.2 Å². The fourth-order valence-corrected chi connectivity index (χ4v) is 18.6. The Bertz CT molecular complexity index is 3700. The number of carbonyl (C=O) groups excluding carboxylic acids is 12. The summed E-state index contributed by atoms with van der Waals surface area (Å²) < 4.78 is 14.0. The van der Waals surface area contributed by atoms with E-state index in [-0.39, 0.29) is 104 Å². The number of urea groups is 2. The van der Waals surface area contributed by atoms with Gasteiger partial charge in [0.1, 0.15) is 58.5 Å². The van der Waals surface area contributed by atoms with Gasteiger partial charge in [0.15, 0.2) is 5.82 Å². The Kier molecular flexibility index (Phi) is 23.0. The molecule has 1 aliphatic carbocycles. The molecule has 102 heavy (non-hydrogen) atoms. The van der Waals surface area contributed by atoms with E-state index in [0.717, 1.165) is 19.3 Å². The smallest absolute Gasteiger partial charge is 0.412 e. The lowest BCUT2D eigenvalue weighted by molar-refractivity contribution is -0.164. The fourth-order valence-electron chi connectivity index (χ4n) is 12.9. The quantitative estimate of drug-likeness (QED) is 0.0230. The highest BCUT2D eigenvalue weighted by Crippen LogP contribution is 2.44. The number of imide groups is 2. The van der Waals surface area contributed by atoms with E-state index in [2.05, 4.69) is 63.0 Å². The molecule has 10 unspecified atom stereocenters. The van der Waals surface area contributed by atoms with Crippen molar-refractivity contribution in [3.05, 3.63) is 65.5 Å². The van der Waals surface area contributed by atoms with Gasteiger partial charge in [-0.2, -0.15) is 0 Å². The van der Waals surface area contributed by atoms with Gasteiger partial charge in [0.25, 0.3) is 0 Å². The van der Waals surface area contributed by atoms with Crippen molar-refractivity contribution in [2.75, 3.05) is 69.6 Å². The first-order valence-electron chi connectivity index (χ1n) is 32.5. The zero-order valence-electron chi connectivity index (χ0n) is 55.2. The van der Waals surface area contributed by atoms with E-state index in [9.17, 15) is 77.3 Å². The number of fused-ring (bicyclic) bond motifs is 2. The van der Waals surface area contributed by atoms with Crippen LogP contribution in [0.1, 0.15) is 68.6 Å². The van der Waals surface area contributed by atoms with Gasteiger partial charge in [-0.1, -0.05) is 42.4 Å². The molecule has 6 saturated heterocycles. The molecule has 6 aliphatic heterocycles. The molecule has 0 radical (unpaired) electrons. The summed E-state index contributed by atoms with van der Waals surface area (Å²) in [5, 5.41) is 57.5. The Morgan fingerprint density at radius 1 is 0.608 bits per heavy atom. The number of likely N-dealkylation sites (N-methyl/N-ethyl adjacent to an activating group) is 2. The van der Waals surface area contributed by atoms with E-state index in [1.807, 2.05) is 0 Å². The van der Waals surface area contributed by atoms with Gasteiger partial charge in [-0.3, -0.25) is 48.2 Å². The number of hydrogen-bond donors (Lipinski definition) is 8. The normalized spacial score (nSPS) is 24.6. The van der Waals surface area contributed by atoms with E-state index in [4.69, 9.17) is 9.47 Å². The van der Waals surface area contributed by atoms with Gasteiger partial charge < -0.3 is 71.2 Å². The van der Waals surface area contributed by atoms with Crippen LogP contribution in [0, 0.1) is 17.8 Å². The molecule has 7 fully saturated rings. The standard InChI is InChI=1S/C60H72N20O18S4/c1-5-75-18-20-77(50(87)48(75)85)56(93)65-38(44(81)63-40-46(83)79-42(54(89)90)33(25-100-52(40)79)26-102-58-68-70-72-74(58)4)31-10-14-34(15-11-31)97-59(95)61-23-29-8-7-9-30(22-29)24-62-60(96)98-35-16-12-32(13-17-35)39(66-57(94)78-21-19-76(6-2)49(86)51(78)88)45(82)64-41-47(84)80-43(55(91)92)36(27-101-53(41)80)99-28-37-67-69-71-73(37)3/h10-17,29-30,33,36,38-43,52-53H,5-9,18-28H2,1-4H3,(H,61,95)(H,62,96)(H,63,81)(H,64,82)(H,65,93)(H,66,94)(H,89,90)(H,91,92)/t29?,30?,33?,36?,38?,39?,40-,41-,42?,43?,52?,53?/m0/s1. The van der Waals surface area contributed by atoms with Crippen molar-refractivity contribution in [2.24, 2.45) is 31.8 Å². The van der Waals surface area contributed by atoms with Gasteiger partial charge in [0.05, 0.1) is 5.75 Å². The molecule has 1 saturated carbocycles. The highest BCUT2D eigenvalue weighted by Gasteiger charge is 2.60. The zero-order valence-corrected chi connectivity index (χ0v) is 58.4. The number of hydrogen-bond acceptors (Lipinski definition) is 26. The number of thioether (sulfide) groups is 4. The van der Waals surface area contributed by atoms with Crippen LogP contribution in [-0.2, 0) is 67.8 Å². The maximum absolute atomic E-state index is 14.3. The number of rotatable bonds is 24. The molecular weight excluding hydrogens is 1420 g/mol. The van der Waals surface area contributed by atoms with Crippen LogP contribution < -0.4 is 41.4 Å². The second-order valence-corrected chi connectivity index (χ2v) is 29.2. The van der Waals surface area contributed by atoms with Gasteiger partial charge in [-0.05, 0) is 101 Å². The molecule has 4 aromatic rings. The van der Waals surface area contributed by atoms with E-state index in [1.165, 1.54) is 125 Å². The highest BCUT2D eigenvalue weighted by atomic mass is 32.2. The van der Waals surface area contributed by atoms with Gasteiger partial charge in [0, 0.05) is 94.9 Å². The first-order chi connectivity index (χ1) is 48.9. The van der Waals surface area contributed by atoms with E-state index >= 15 is 0 Å². The molecule has 38 nitrogen and oxygen atoms in total. The number of nitrogens with one attached hydrogen (secondary N) is 6. The number of ether oxygens (including phenoxy) is 2. The Morgan fingerprint density at radius 2 is 1.08 bits per heavy atom. The first-order valence-corrected chi connectivity index (χ1v) is 36.6. The maximum Gasteiger partial charge on any atom is 0.412 e. The van der Waals surface area contributed by atoms with Crippen molar-refractivity contribution in [3.8, 4) is 11.5 Å². The summed E-state index contributed by atoms with van der Waals surface area (Å²) in [6, 6.07) is 0.727. The third-order valence-electron chi connectivity index (χ3n) is 18.5. The van der Waals surface area contributed by atoms with Crippen LogP contribution in [0.2, 0.25) is 0 Å². The summed E-state index contributed by atoms with van der Waals surface area (Å²) in [6.45, 7) is 3.92. The van der Waals surface area contributed by atoms with Crippen LogP contribution in [0.3, 0.4) is 0 Å². The molecule has 544 valence electrons. The van der Waals surface area contributed by atoms with Gasteiger partial charge in [-0.15, -0.1) is 45.5 Å². The molecule has 12 atom stereocenters. The monoisotopic (exact) mass is 1490 g/mol. The number of β-lactam (4-membered cyclic amide) rings is 2. The van der Waals surface area contributed by atoms with Gasteiger partial charge in [0.2, 0.25) is 28.8 Å². The molecular formula is C60H72N20O18S4. The van der Waals surface area contributed by atoms with Crippen LogP contribution >= 0.6 is 47.0 Å². The topological polar surface area (TPSA) is 477 Å². The number of aliphatic carboxylic acids is 2. The van der Waals surface area contributed by atoms with Crippen molar-refractivity contribution in [2.45, 2.75) is 103 Å². The zero-order chi connectivity index (χ0) is 72.8. The third-order valence-corrected chi connectivity index (χ3v) is 24.0. The van der Waals surface area contributed by atoms with E-state index in [0.29, 0.717) is 33.0 Å². The number of benzene rings is 2. The average Bonchev–Trinajstić information content (AvgIpc) is 0.813. The van der Waals surface area contributed by atoms with Crippen LogP contribution in [-0.4, -0.2) is 273 Å². The summed E-state index contributed by atoms with van der Waals surface area (Å²) in [5.74, 6) is -8.59. The number of carbonyl (C=O) groups is 14. The number of aromatic nitrogens is 8. The minimum absolute atomic E-state index is 0.0301. The molecule has 14 amide bonds. The summed E-state index contributed by atoms with van der Waals surface area (Å²) in [7, 11) is 3.28. The molecule has 7 aliphatic rings. The molecule has 2 aromatic carbocycles. The molecule has 8 heterocycles. The fraction of sp³-hybridized carbons (Fsp3) is 0.533. The highest BCUT2D eigenvalue weighted by molar-refractivity contribution is 8.03. The molecule has 0 bridgehead atoms. The van der Waals surface area contributed by atoms with Crippen LogP contribution in [0.25, 0.3) is 0 Å². The summed E-state index contributed by atoms with van der Waals surface area (Å²) in [6.07, 6.45) is 1.20. The Balaban J connectivity index is 0.668. The van der Waals surface area contributed by atoms with Crippen molar-refractivity contribution in [1.29, 1.82) is 0 Å². The summed E-state index contributed by atoms with van der Waals surface area (Å²) in [5.41, 5.74) is 0.238. The van der Waals surface area contributed by atoms with Gasteiger partial charge in [-0.25, -0.2) is 38.1 Å². The Hall–Kier alpha value is -9.84.